The number of carbonyl (C=O) groups excluding carboxylic acids is 2. The van der Waals surface area contributed by atoms with E-state index in [9.17, 15) is 9.59 Å². The Morgan fingerprint density at radius 2 is 0.870 bits per heavy atom. The number of imide groups is 1. The molecule has 0 spiro atoms. The minimum atomic E-state index is 0.0256. The summed E-state index contributed by atoms with van der Waals surface area (Å²) >= 11 is 0. The third-order valence-electron chi connectivity index (χ3n) is 6.32. The van der Waals surface area contributed by atoms with Crippen molar-refractivity contribution in [2.75, 3.05) is 0 Å². The lowest BCUT2D eigenvalue weighted by atomic mass is 9.81. The van der Waals surface area contributed by atoms with Gasteiger partial charge in [-0.15, -0.1) is 0 Å². The highest BCUT2D eigenvalue weighted by atomic mass is 16.2. The molecule has 2 amide bonds. The third-order valence-corrected chi connectivity index (χ3v) is 6.32. The Hall–Kier alpha value is -0.860. The number of likely N-dealkylation sites (tertiary alicyclic amines) is 1. The molecule has 0 aromatic carbocycles. The van der Waals surface area contributed by atoms with Crippen LogP contribution in [0.1, 0.15) is 96.3 Å². The molecule has 0 radical (unpaired) electrons. The average molecular weight is 319 g/mol. The molecule has 1 aliphatic heterocycles. The zero-order valence-electron chi connectivity index (χ0n) is 14.6. The van der Waals surface area contributed by atoms with E-state index in [1.54, 1.807) is 4.90 Å². The van der Waals surface area contributed by atoms with Crippen molar-refractivity contribution >= 4 is 11.8 Å². The predicted molar refractivity (Wildman–Crippen MR) is 91.9 cm³/mol. The zero-order chi connectivity index (χ0) is 16.1. The molecule has 1 heterocycles. The van der Waals surface area contributed by atoms with E-state index in [0.29, 0.717) is 0 Å². The molecule has 3 fully saturated rings. The molecule has 2 saturated carbocycles. The van der Waals surface area contributed by atoms with E-state index in [1.807, 2.05) is 0 Å². The van der Waals surface area contributed by atoms with Crippen LogP contribution in [0.4, 0.5) is 0 Å². The first-order chi connectivity index (χ1) is 11.3. The molecule has 3 aliphatic rings. The van der Waals surface area contributed by atoms with Gasteiger partial charge in [-0.2, -0.15) is 0 Å². The quantitative estimate of drug-likeness (QED) is 0.649. The second-order valence-electron chi connectivity index (χ2n) is 7.96. The number of hydrogen-bond acceptors (Lipinski definition) is 2. The normalized spacial score (nSPS) is 32.3. The molecule has 130 valence electrons. The van der Waals surface area contributed by atoms with Gasteiger partial charge in [-0.05, 0) is 25.7 Å². The second kappa shape index (κ2) is 8.30. The minimum Gasteiger partial charge on any atom is -0.279 e. The summed E-state index contributed by atoms with van der Waals surface area (Å²) in [6.45, 7) is 0. The number of hydrogen-bond donors (Lipinski definition) is 0. The summed E-state index contributed by atoms with van der Waals surface area (Å²) in [6, 6.07) is 0.194. The van der Waals surface area contributed by atoms with Gasteiger partial charge in [-0.25, -0.2) is 0 Å². The Bertz CT molecular complexity index is 384. The number of rotatable bonds is 1. The number of fused-ring (bicyclic) bond motifs is 1. The molecule has 0 bridgehead atoms. The zero-order valence-corrected chi connectivity index (χ0v) is 14.6. The fourth-order valence-corrected chi connectivity index (χ4v) is 4.95. The van der Waals surface area contributed by atoms with Crippen LogP contribution in [0, 0.1) is 11.8 Å². The average Bonchev–Trinajstić information content (AvgIpc) is 2.81. The van der Waals surface area contributed by atoms with Crippen molar-refractivity contribution in [3.05, 3.63) is 0 Å². The molecule has 2 atom stereocenters. The van der Waals surface area contributed by atoms with Crippen molar-refractivity contribution in [3.63, 3.8) is 0 Å². The van der Waals surface area contributed by atoms with E-state index < -0.39 is 0 Å². The molecule has 3 nitrogen and oxygen atoms in total. The monoisotopic (exact) mass is 319 g/mol. The predicted octanol–water partition coefficient (Wildman–Crippen LogP) is 4.83. The summed E-state index contributed by atoms with van der Waals surface area (Å²) in [7, 11) is 0. The Kier molecular flexibility index (Phi) is 6.13. The van der Waals surface area contributed by atoms with Gasteiger partial charge in [0, 0.05) is 6.04 Å². The molecule has 2 unspecified atom stereocenters. The Morgan fingerprint density at radius 3 is 1.30 bits per heavy atom. The van der Waals surface area contributed by atoms with Crippen LogP contribution in [0.5, 0.6) is 0 Å². The highest BCUT2D eigenvalue weighted by molar-refractivity contribution is 6.05. The van der Waals surface area contributed by atoms with E-state index in [0.717, 1.165) is 38.5 Å². The largest absolute Gasteiger partial charge is 0.279 e. The summed E-state index contributed by atoms with van der Waals surface area (Å²) < 4.78 is 0. The Balaban J connectivity index is 1.66. The molecule has 0 N–H and O–H groups in total. The topological polar surface area (TPSA) is 37.4 Å². The van der Waals surface area contributed by atoms with Crippen LogP contribution in [0.25, 0.3) is 0 Å². The van der Waals surface area contributed by atoms with E-state index in [4.69, 9.17) is 0 Å². The fourth-order valence-electron chi connectivity index (χ4n) is 4.95. The SMILES string of the molecule is O=C1C2CCCCC2C(=O)N1C1CCCCCCCCCCC1. The molecule has 0 aromatic heterocycles. The van der Waals surface area contributed by atoms with E-state index in [2.05, 4.69) is 0 Å². The maximum Gasteiger partial charge on any atom is 0.233 e. The van der Waals surface area contributed by atoms with Gasteiger partial charge in [0.15, 0.2) is 0 Å². The lowest BCUT2D eigenvalue weighted by Gasteiger charge is -2.27. The van der Waals surface area contributed by atoms with Crippen molar-refractivity contribution in [1.29, 1.82) is 0 Å². The molecular weight excluding hydrogens is 286 g/mol. The maximum atomic E-state index is 12.8. The summed E-state index contributed by atoms with van der Waals surface area (Å²) in [5.74, 6) is 0.406. The second-order valence-corrected chi connectivity index (χ2v) is 7.96. The molecule has 1 saturated heterocycles. The van der Waals surface area contributed by atoms with Crippen LogP contribution >= 0.6 is 0 Å². The van der Waals surface area contributed by atoms with Gasteiger partial charge in [-0.3, -0.25) is 14.5 Å². The van der Waals surface area contributed by atoms with E-state index >= 15 is 0 Å². The van der Waals surface area contributed by atoms with Gasteiger partial charge in [0.1, 0.15) is 0 Å². The molecular formula is C20H33NO2. The van der Waals surface area contributed by atoms with Crippen LogP contribution in [0.3, 0.4) is 0 Å². The van der Waals surface area contributed by atoms with Crippen LogP contribution in [0.15, 0.2) is 0 Å². The van der Waals surface area contributed by atoms with Gasteiger partial charge in [-0.1, -0.05) is 70.6 Å². The summed E-state index contributed by atoms with van der Waals surface area (Å²) in [6.07, 6.45) is 17.8. The van der Waals surface area contributed by atoms with Crippen molar-refractivity contribution in [2.45, 2.75) is 102 Å². The van der Waals surface area contributed by atoms with Crippen molar-refractivity contribution in [2.24, 2.45) is 11.8 Å². The first-order valence-corrected chi connectivity index (χ1v) is 10.2. The minimum absolute atomic E-state index is 0.0256. The van der Waals surface area contributed by atoms with E-state index in [1.165, 1.54) is 57.8 Å². The van der Waals surface area contributed by atoms with Gasteiger partial charge in [0.05, 0.1) is 11.8 Å². The van der Waals surface area contributed by atoms with Gasteiger partial charge in [0.25, 0.3) is 0 Å². The smallest absolute Gasteiger partial charge is 0.233 e. The highest BCUT2D eigenvalue weighted by Crippen LogP contribution is 2.40. The Labute approximate surface area is 141 Å². The highest BCUT2D eigenvalue weighted by Gasteiger charge is 2.49. The number of carbonyl (C=O) groups is 2. The van der Waals surface area contributed by atoms with Crippen molar-refractivity contribution < 1.29 is 9.59 Å². The van der Waals surface area contributed by atoms with Crippen LogP contribution in [0.2, 0.25) is 0 Å². The molecule has 3 rings (SSSR count). The van der Waals surface area contributed by atoms with Crippen LogP contribution < -0.4 is 0 Å². The van der Waals surface area contributed by atoms with Crippen LogP contribution in [-0.2, 0) is 9.59 Å². The summed E-state index contributed by atoms with van der Waals surface area (Å²) in [5.41, 5.74) is 0. The molecule has 0 aromatic rings. The lowest BCUT2D eigenvalue weighted by Crippen LogP contribution is -2.40. The van der Waals surface area contributed by atoms with Gasteiger partial charge < -0.3 is 0 Å². The third kappa shape index (κ3) is 3.97. The fraction of sp³-hybridized carbons (Fsp3) is 0.900. The number of amides is 2. The Morgan fingerprint density at radius 1 is 0.522 bits per heavy atom. The molecule has 2 aliphatic carbocycles. The van der Waals surface area contributed by atoms with E-state index in [-0.39, 0.29) is 29.7 Å². The van der Waals surface area contributed by atoms with Gasteiger partial charge in [0.2, 0.25) is 11.8 Å². The van der Waals surface area contributed by atoms with Crippen molar-refractivity contribution in [1.82, 2.24) is 4.90 Å². The molecule has 3 heteroatoms. The van der Waals surface area contributed by atoms with Crippen LogP contribution in [-0.4, -0.2) is 22.8 Å². The first kappa shape index (κ1) is 17.0. The number of nitrogens with zero attached hydrogens (tertiary/aromatic N) is 1. The molecule has 23 heavy (non-hydrogen) atoms. The standard InChI is InChI=1S/C20H33NO2/c22-19-17-14-10-11-15-18(17)20(23)21(19)16-12-8-6-4-2-1-3-5-7-9-13-16/h16-18H,1-15H2. The summed E-state index contributed by atoms with van der Waals surface area (Å²) in [4.78, 5) is 27.4. The maximum absolute atomic E-state index is 12.8. The van der Waals surface area contributed by atoms with Crippen molar-refractivity contribution in [3.8, 4) is 0 Å². The lowest BCUT2D eigenvalue weighted by molar-refractivity contribution is -0.143. The summed E-state index contributed by atoms with van der Waals surface area (Å²) in [5, 5.41) is 0. The first-order valence-electron chi connectivity index (χ1n) is 10.2. The van der Waals surface area contributed by atoms with Gasteiger partial charge >= 0.3 is 0 Å².